The third-order valence-corrected chi connectivity index (χ3v) is 3.45. The number of nitrogens with zero attached hydrogens (tertiary/aromatic N) is 1. The molecule has 0 aliphatic carbocycles. The maximum absolute atomic E-state index is 12.5. The number of phenols is 1. The molecule has 0 heterocycles. The first kappa shape index (κ1) is 14.9. The van der Waals surface area contributed by atoms with Crippen molar-refractivity contribution in [1.82, 2.24) is 4.90 Å². The second kappa shape index (κ2) is 6.79. The zero-order chi connectivity index (χ0) is 15.2. The van der Waals surface area contributed by atoms with Gasteiger partial charge in [-0.15, -0.1) is 0 Å². The van der Waals surface area contributed by atoms with Gasteiger partial charge in [0.15, 0.2) is 0 Å². The van der Waals surface area contributed by atoms with Crippen LogP contribution < -0.4 is 5.73 Å². The highest BCUT2D eigenvalue weighted by Gasteiger charge is 2.17. The Labute approximate surface area is 124 Å². The first-order chi connectivity index (χ1) is 10.1. The van der Waals surface area contributed by atoms with Crippen LogP contribution in [0.25, 0.3) is 0 Å². The molecule has 0 spiro atoms. The maximum atomic E-state index is 12.5. The van der Waals surface area contributed by atoms with E-state index in [0.29, 0.717) is 24.3 Å². The number of rotatable bonds is 5. The Hall–Kier alpha value is -2.49. The maximum Gasteiger partial charge on any atom is 0.256 e. The summed E-state index contributed by atoms with van der Waals surface area (Å²) in [7, 11) is 0. The van der Waals surface area contributed by atoms with E-state index in [9.17, 15) is 9.90 Å². The van der Waals surface area contributed by atoms with E-state index in [1.807, 2.05) is 37.3 Å². The fraction of sp³-hybridized carbons (Fsp3) is 0.235. The quantitative estimate of drug-likeness (QED) is 0.655. The average Bonchev–Trinajstić information content (AvgIpc) is 2.51. The molecule has 0 saturated heterocycles. The van der Waals surface area contributed by atoms with E-state index in [1.165, 1.54) is 17.7 Å². The summed E-state index contributed by atoms with van der Waals surface area (Å²) >= 11 is 0. The molecule has 4 nitrogen and oxygen atoms in total. The van der Waals surface area contributed by atoms with Gasteiger partial charge in [0.1, 0.15) is 5.75 Å². The van der Waals surface area contributed by atoms with Crippen molar-refractivity contribution in [2.24, 2.45) is 0 Å². The van der Waals surface area contributed by atoms with Crippen LogP contribution in [-0.4, -0.2) is 29.0 Å². The molecule has 2 rings (SSSR count). The number of benzene rings is 2. The summed E-state index contributed by atoms with van der Waals surface area (Å²) in [4.78, 5) is 14.2. The van der Waals surface area contributed by atoms with Gasteiger partial charge in [-0.3, -0.25) is 4.79 Å². The zero-order valence-corrected chi connectivity index (χ0v) is 12.1. The highest BCUT2D eigenvalue weighted by Crippen LogP contribution is 2.20. The number of hydrogen-bond acceptors (Lipinski definition) is 3. The fourth-order valence-electron chi connectivity index (χ4n) is 2.21. The molecule has 0 aromatic heterocycles. The molecule has 2 aromatic carbocycles. The molecule has 0 bridgehead atoms. The standard InChI is InChI=1S/C17H20N2O2/c1-2-19(11-10-13-6-4-3-5-7-13)17(21)15-12-14(20)8-9-16(15)18/h3-9,12,20H,2,10-11,18H2,1H3. The summed E-state index contributed by atoms with van der Waals surface area (Å²) in [6.45, 7) is 3.15. The van der Waals surface area contributed by atoms with Crippen LogP contribution in [0.4, 0.5) is 5.69 Å². The minimum Gasteiger partial charge on any atom is -0.508 e. The van der Waals surface area contributed by atoms with E-state index in [2.05, 4.69) is 0 Å². The van der Waals surface area contributed by atoms with Crippen LogP contribution in [0.15, 0.2) is 48.5 Å². The van der Waals surface area contributed by atoms with Gasteiger partial charge in [0.2, 0.25) is 0 Å². The molecule has 1 amide bonds. The summed E-state index contributed by atoms with van der Waals surface area (Å²) in [5.41, 5.74) is 7.76. The molecule has 2 aromatic rings. The van der Waals surface area contributed by atoms with Gasteiger partial charge in [0.25, 0.3) is 5.91 Å². The molecule has 21 heavy (non-hydrogen) atoms. The molecule has 0 unspecified atom stereocenters. The van der Waals surface area contributed by atoms with Crippen molar-refractivity contribution in [1.29, 1.82) is 0 Å². The highest BCUT2D eigenvalue weighted by atomic mass is 16.3. The molecule has 110 valence electrons. The predicted octanol–water partition coefficient (Wildman–Crippen LogP) is 2.68. The number of nitrogens with two attached hydrogens (primary N) is 1. The Kier molecular flexibility index (Phi) is 4.82. The lowest BCUT2D eigenvalue weighted by molar-refractivity contribution is 0.0767. The normalized spacial score (nSPS) is 10.3. The number of likely N-dealkylation sites (N-methyl/N-ethyl adjacent to an activating group) is 1. The van der Waals surface area contributed by atoms with E-state index in [1.54, 1.807) is 11.0 Å². The Morgan fingerprint density at radius 3 is 2.57 bits per heavy atom. The number of amides is 1. The predicted molar refractivity (Wildman–Crippen MR) is 84.2 cm³/mol. The minimum atomic E-state index is -0.151. The van der Waals surface area contributed by atoms with Crippen LogP contribution in [0.5, 0.6) is 5.75 Å². The number of carbonyl (C=O) groups excluding carboxylic acids is 1. The summed E-state index contributed by atoms with van der Waals surface area (Å²) in [6, 6.07) is 14.5. The summed E-state index contributed by atoms with van der Waals surface area (Å²) in [5.74, 6) is -0.103. The van der Waals surface area contributed by atoms with Gasteiger partial charge in [-0.1, -0.05) is 30.3 Å². The van der Waals surface area contributed by atoms with Crippen LogP contribution in [0, 0.1) is 0 Å². The van der Waals surface area contributed by atoms with Gasteiger partial charge in [0.05, 0.1) is 5.56 Å². The van der Waals surface area contributed by atoms with Crippen molar-refractivity contribution < 1.29 is 9.90 Å². The van der Waals surface area contributed by atoms with Crippen LogP contribution in [0.3, 0.4) is 0 Å². The minimum absolute atomic E-state index is 0.0478. The van der Waals surface area contributed by atoms with Crippen LogP contribution in [-0.2, 0) is 6.42 Å². The monoisotopic (exact) mass is 284 g/mol. The molecule has 3 N–H and O–H groups in total. The number of hydrogen-bond donors (Lipinski definition) is 2. The molecule has 0 fully saturated rings. The first-order valence-electron chi connectivity index (χ1n) is 7.03. The third-order valence-electron chi connectivity index (χ3n) is 3.45. The molecule has 0 atom stereocenters. The average molecular weight is 284 g/mol. The Bertz CT molecular complexity index is 611. The molecule has 0 radical (unpaired) electrons. The fourth-order valence-corrected chi connectivity index (χ4v) is 2.21. The largest absolute Gasteiger partial charge is 0.508 e. The van der Waals surface area contributed by atoms with E-state index in [0.717, 1.165) is 6.42 Å². The van der Waals surface area contributed by atoms with E-state index in [4.69, 9.17) is 5.73 Å². The Balaban J connectivity index is 2.10. The van der Waals surface area contributed by atoms with Crippen molar-refractivity contribution in [3.05, 3.63) is 59.7 Å². The first-order valence-corrected chi connectivity index (χ1v) is 7.03. The summed E-state index contributed by atoms with van der Waals surface area (Å²) in [6.07, 6.45) is 0.791. The molecule has 0 saturated carbocycles. The lowest BCUT2D eigenvalue weighted by Gasteiger charge is -2.22. The van der Waals surface area contributed by atoms with Crippen LogP contribution in [0.1, 0.15) is 22.8 Å². The van der Waals surface area contributed by atoms with Gasteiger partial charge in [-0.2, -0.15) is 0 Å². The van der Waals surface area contributed by atoms with Crippen molar-refractivity contribution in [3.63, 3.8) is 0 Å². The van der Waals surface area contributed by atoms with Gasteiger partial charge in [-0.05, 0) is 37.1 Å². The second-order valence-electron chi connectivity index (χ2n) is 4.89. The van der Waals surface area contributed by atoms with E-state index in [-0.39, 0.29) is 11.7 Å². The number of phenolic OH excluding ortho intramolecular Hbond substituents is 1. The van der Waals surface area contributed by atoms with Gasteiger partial charge >= 0.3 is 0 Å². The molecular formula is C17H20N2O2. The molecule has 4 heteroatoms. The van der Waals surface area contributed by atoms with Crippen molar-refractivity contribution in [3.8, 4) is 5.75 Å². The summed E-state index contributed by atoms with van der Waals surface area (Å²) < 4.78 is 0. The van der Waals surface area contributed by atoms with Gasteiger partial charge in [0, 0.05) is 18.8 Å². The van der Waals surface area contributed by atoms with Crippen LogP contribution >= 0.6 is 0 Å². The van der Waals surface area contributed by atoms with Gasteiger partial charge in [-0.25, -0.2) is 0 Å². The molecule has 0 aliphatic rings. The molecular weight excluding hydrogens is 264 g/mol. The topological polar surface area (TPSA) is 66.6 Å². The lowest BCUT2D eigenvalue weighted by atomic mass is 10.1. The second-order valence-corrected chi connectivity index (χ2v) is 4.89. The van der Waals surface area contributed by atoms with Crippen molar-refractivity contribution >= 4 is 11.6 Å². The zero-order valence-electron chi connectivity index (χ0n) is 12.1. The SMILES string of the molecule is CCN(CCc1ccccc1)C(=O)c1cc(O)ccc1N. The number of carbonyl (C=O) groups is 1. The van der Waals surface area contributed by atoms with Crippen LogP contribution in [0.2, 0.25) is 0 Å². The van der Waals surface area contributed by atoms with E-state index >= 15 is 0 Å². The van der Waals surface area contributed by atoms with Crippen molar-refractivity contribution in [2.75, 3.05) is 18.8 Å². The van der Waals surface area contributed by atoms with Gasteiger partial charge < -0.3 is 15.7 Å². The summed E-state index contributed by atoms with van der Waals surface area (Å²) in [5, 5.41) is 9.52. The Morgan fingerprint density at radius 1 is 1.19 bits per heavy atom. The van der Waals surface area contributed by atoms with E-state index < -0.39 is 0 Å². The smallest absolute Gasteiger partial charge is 0.256 e. The highest BCUT2D eigenvalue weighted by molar-refractivity contribution is 5.99. The van der Waals surface area contributed by atoms with Crippen molar-refractivity contribution in [2.45, 2.75) is 13.3 Å². The molecule has 0 aliphatic heterocycles. The lowest BCUT2D eigenvalue weighted by Crippen LogP contribution is -2.33. The number of nitrogen functional groups attached to an aromatic ring is 1. The Morgan fingerprint density at radius 2 is 1.90 bits per heavy atom. The third kappa shape index (κ3) is 3.75. The number of aromatic hydroxyl groups is 1. The number of anilines is 1.